The standard InChI is InChI=1S/C9H13Cl/c10-8-4-7-9-5-2-1-3-6-9/h4,7-8H,1-3,5-6H2/b8-4+. The molecule has 1 heteroatoms. The molecular weight excluding hydrogens is 144 g/mol. The molecule has 0 aromatic carbocycles. The highest BCUT2D eigenvalue weighted by molar-refractivity contribution is 6.25. The molecule has 0 spiro atoms. The summed E-state index contributed by atoms with van der Waals surface area (Å²) in [4.78, 5) is 0. The van der Waals surface area contributed by atoms with Crippen LogP contribution in [0.5, 0.6) is 0 Å². The van der Waals surface area contributed by atoms with Gasteiger partial charge in [-0.2, -0.15) is 0 Å². The summed E-state index contributed by atoms with van der Waals surface area (Å²) in [6.07, 6.45) is 10.8. The molecule has 0 bridgehead atoms. The number of hydrogen-bond acceptors (Lipinski definition) is 0. The van der Waals surface area contributed by atoms with Crippen molar-refractivity contribution in [3.8, 4) is 0 Å². The van der Waals surface area contributed by atoms with Gasteiger partial charge >= 0.3 is 0 Å². The van der Waals surface area contributed by atoms with Crippen LogP contribution in [0.2, 0.25) is 0 Å². The highest BCUT2D eigenvalue weighted by Gasteiger charge is 2.02. The first kappa shape index (κ1) is 7.87. The average Bonchev–Trinajstić information content (AvgIpc) is 2.03. The summed E-state index contributed by atoms with van der Waals surface area (Å²) < 4.78 is 0. The fraction of sp³-hybridized carbons (Fsp3) is 0.556. The zero-order chi connectivity index (χ0) is 7.23. The molecule has 1 fully saturated rings. The molecule has 1 aliphatic carbocycles. The first-order valence-electron chi connectivity index (χ1n) is 3.88. The Kier molecular flexibility index (Phi) is 3.59. The van der Waals surface area contributed by atoms with Gasteiger partial charge in [0.2, 0.25) is 0 Å². The Hall–Kier alpha value is -0.230. The van der Waals surface area contributed by atoms with E-state index in [-0.39, 0.29) is 0 Å². The van der Waals surface area contributed by atoms with Crippen molar-refractivity contribution in [2.24, 2.45) is 0 Å². The van der Waals surface area contributed by atoms with E-state index in [4.69, 9.17) is 11.6 Å². The largest absolute Gasteiger partial charge is 0.0930 e. The molecule has 0 aromatic rings. The highest BCUT2D eigenvalue weighted by atomic mass is 35.5. The van der Waals surface area contributed by atoms with Gasteiger partial charge in [0.1, 0.15) is 0 Å². The summed E-state index contributed by atoms with van der Waals surface area (Å²) >= 11 is 5.40. The molecule has 0 saturated heterocycles. The molecule has 0 N–H and O–H groups in total. The van der Waals surface area contributed by atoms with E-state index in [2.05, 4.69) is 6.08 Å². The summed E-state index contributed by atoms with van der Waals surface area (Å²) in [7, 11) is 0. The SMILES string of the molecule is Cl/C=C/C=C1CCCCC1. The fourth-order valence-corrected chi connectivity index (χ4v) is 1.42. The first-order chi connectivity index (χ1) is 4.93. The van der Waals surface area contributed by atoms with E-state index in [0.717, 1.165) is 0 Å². The molecule has 0 aliphatic heterocycles. The minimum absolute atomic E-state index is 1.28. The van der Waals surface area contributed by atoms with Gasteiger partial charge in [-0.05, 0) is 25.7 Å². The lowest BCUT2D eigenvalue weighted by atomic mass is 9.95. The molecule has 1 aliphatic rings. The van der Waals surface area contributed by atoms with Gasteiger partial charge in [0.15, 0.2) is 0 Å². The lowest BCUT2D eigenvalue weighted by Gasteiger charge is -2.11. The van der Waals surface area contributed by atoms with Crippen LogP contribution in [-0.2, 0) is 0 Å². The Morgan fingerprint density at radius 2 is 1.80 bits per heavy atom. The Morgan fingerprint density at radius 3 is 2.40 bits per heavy atom. The van der Waals surface area contributed by atoms with Crippen LogP contribution >= 0.6 is 11.6 Å². The monoisotopic (exact) mass is 156 g/mol. The van der Waals surface area contributed by atoms with Crippen molar-refractivity contribution in [2.75, 3.05) is 0 Å². The Labute approximate surface area is 67.6 Å². The summed E-state index contributed by atoms with van der Waals surface area (Å²) in [5.74, 6) is 0. The topological polar surface area (TPSA) is 0 Å². The van der Waals surface area contributed by atoms with Crippen LogP contribution < -0.4 is 0 Å². The fourth-order valence-electron chi connectivity index (χ4n) is 1.35. The van der Waals surface area contributed by atoms with Crippen molar-refractivity contribution in [3.63, 3.8) is 0 Å². The van der Waals surface area contributed by atoms with Crippen LogP contribution in [0.4, 0.5) is 0 Å². The lowest BCUT2D eigenvalue weighted by molar-refractivity contribution is 0.599. The van der Waals surface area contributed by atoms with E-state index in [1.807, 2.05) is 6.08 Å². The zero-order valence-corrected chi connectivity index (χ0v) is 6.90. The van der Waals surface area contributed by atoms with Crippen LogP contribution in [-0.4, -0.2) is 0 Å². The smallest absolute Gasteiger partial charge is 0.00424 e. The van der Waals surface area contributed by atoms with Crippen molar-refractivity contribution in [2.45, 2.75) is 32.1 Å². The summed E-state index contributed by atoms with van der Waals surface area (Å²) in [5.41, 5.74) is 3.13. The maximum atomic E-state index is 5.40. The molecule has 0 nitrogen and oxygen atoms in total. The highest BCUT2D eigenvalue weighted by Crippen LogP contribution is 2.22. The number of rotatable bonds is 1. The minimum Gasteiger partial charge on any atom is -0.0930 e. The quantitative estimate of drug-likeness (QED) is 0.544. The van der Waals surface area contributed by atoms with Gasteiger partial charge in [0, 0.05) is 5.54 Å². The van der Waals surface area contributed by atoms with Crippen molar-refractivity contribution in [1.29, 1.82) is 0 Å². The summed E-state index contributed by atoms with van der Waals surface area (Å²) in [6.45, 7) is 0. The molecule has 0 aromatic heterocycles. The van der Waals surface area contributed by atoms with Gasteiger partial charge in [0.25, 0.3) is 0 Å². The van der Waals surface area contributed by atoms with E-state index >= 15 is 0 Å². The van der Waals surface area contributed by atoms with E-state index in [0.29, 0.717) is 0 Å². The van der Waals surface area contributed by atoms with Crippen LogP contribution in [0, 0.1) is 0 Å². The van der Waals surface area contributed by atoms with E-state index in [9.17, 15) is 0 Å². The molecule has 1 rings (SSSR count). The second-order valence-corrected chi connectivity index (χ2v) is 2.96. The van der Waals surface area contributed by atoms with E-state index < -0.39 is 0 Å². The predicted molar refractivity (Wildman–Crippen MR) is 46.2 cm³/mol. The Bertz CT molecular complexity index is 137. The van der Waals surface area contributed by atoms with Crippen molar-refractivity contribution >= 4 is 11.6 Å². The normalized spacial score (nSPS) is 19.9. The van der Waals surface area contributed by atoms with Crippen molar-refractivity contribution in [1.82, 2.24) is 0 Å². The molecule has 10 heavy (non-hydrogen) atoms. The molecule has 56 valence electrons. The number of hydrogen-bond donors (Lipinski definition) is 0. The van der Waals surface area contributed by atoms with Crippen molar-refractivity contribution in [3.05, 3.63) is 23.3 Å². The molecule has 0 atom stereocenters. The maximum Gasteiger partial charge on any atom is 0.00424 e. The van der Waals surface area contributed by atoms with Gasteiger partial charge in [-0.25, -0.2) is 0 Å². The second kappa shape index (κ2) is 4.56. The van der Waals surface area contributed by atoms with Crippen LogP contribution in [0.15, 0.2) is 23.3 Å². The molecule has 1 saturated carbocycles. The first-order valence-corrected chi connectivity index (χ1v) is 4.32. The van der Waals surface area contributed by atoms with Crippen LogP contribution in [0.25, 0.3) is 0 Å². The lowest BCUT2D eigenvalue weighted by Crippen LogP contribution is -1.92. The second-order valence-electron chi connectivity index (χ2n) is 2.70. The summed E-state index contributed by atoms with van der Waals surface area (Å²) in [6, 6.07) is 0. The molecule has 0 heterocycles. The van der Waals surface area contributed by atoms with Crippen molar-refractivity contribution < 1.29 is 0 Å². The predicted octanol–water partition coefficient (Wildman–Crippen LogP) is 3.63. The van der Waals surface area contributed by atoms with Crippen LogP contribution in [0.3, 0.4) is 0 Å². The van der Waals surface area contributed by atoms with Gasteiger partial charge in [-0.15, -0.1) is 0 Å². The molecule has 0 amide bonds. The Morgan fingerprint density at radius 1 is 1.10 bits per heavy atom. The third-order valence-corrected chi connectivity index (χ3v) is 2.05. The Balaban J connectivity index is 2.37. The summed E-state index contributed by atoms with van der Waals surface area (Å²) in [5, 5.41) is 0. The average molecular weight is 157 g/mol. The number of halogens is 1. The van der Waals surface area contributed by atoms with Gasteiger partial charge < -0.3 is 0 Å². The minimum atomic E-state index is 1.28. The number of allylic oxidation sites excluding steroid dienone is 3. The zero-order valence-electron chi connectivity index (χ0n) is 6.15. The van der Waals surface area contributed by atoms with Gasteiger partial charge in [0.05, 0.1) is 0 Å². The van der Waals surface area contributed by atoms with E-state index in [1.165, 1.54) is 32.1 Å². The van der Waals surface area contributed by atoms with Gasteiger partial charge in [-0.3, -0.25) is 0 Å². The molecule has 0 unspecified atom stereocenters. The molecular formula is C9H13Cl. The third-order valence-electron chi connectivity index (χ3n) is 1.90. The van der Waals surface area contributed by atoms with E-state index in [1.54, 1.807) is 11.1 Å². The third kappa shape index (κ3) is 2.57. The maximum absolute atomic E-state index is 5.40. The van der Waals surface area contributed by atoms with Gasteiger partial charge in [-0.1, -0.05) is 35.7 Å². The molecule has 0 radical (unpaired) electrons. The van der Waals surface area contributed by atoms with Crippen LogP contribution in [0.1, 0.15) is 32.1 Å².